The van der Waals surface area contributed by atoms with Crippen LogP contribution in [0, 0.1) is 0 Å². The Morgan fingerprint density at radius 3 is 2.69 bits per heavy atom. The molecule has 0 aliphatic carbocycles. The molecule has 1 unspecified atom stereocenters. The molecule has 10 heteroatoms. The molecule has 172 valence electrons. The minimum absolute atomic E-state index is 0.0777. The fourth-order valence-electron chi connectivity index (χ4n) is 4.49. The van der Waals surface area contributed by atoms with Gasteiger partial charge < -0.3 is 20.3 Å². The number of hydrogen-bond donors (Lipinski definition) is 1. The highest BCUT2D eigenvalue weighted by atomic mass is 19.4. The second-order valence-electron chi connectivity index (χ2n) is 8.40. The lowest BCUT2D eigenvalue weighted by Crippen LogP contribution is -2.62. The molecule has 7 nitrogen and oxygen atoms in total. The van der Waals surface area contributed by atoms with Crippen molar-refractivity contribution in [2.24, 2.45) is 0 Å². The molecule has 1 spiro atoms. The van der Waals surface area contributed by atoms with Crippen LogP contribution in [0.2, 0.25) is 0 Å². The summed E-state index contributed by atoms with van der Waals surface area (Å²) < 4.78 is 46.7. The molecule has 0 aromatic carbocycles. The Morgan fingerprint density at radius 1 is 1.25 bits per heavy atom. The molecule has 2 aromatic rings. The quantitative estimate of drug-likeness (QED) is 0.773. The van der Waals surface area contributed by atoms with Gasteiger partial charge in [-0.15, -0.1) is 0 Å². The molecule has 1 atom stereocenters. The Balaban J connectivity index is 1.46. The van der Waals surface area contributed by atoms with Crippen LogP contribution in [0.5, 0.6) is 0 Å². The molecule has 2 fully saturated rings. The lowest BCUT2D eigenvalue weighted by molar-refractivity contribution is -0.162. The van der Waals surface area contributed by atoms with Crippen LogP contribution in [0.15, 0.2) is 36.8 Å². The van der Waals surface area contributed by atoms with Crippen LogP contribution in [0.3, 0.4) is 0 Å². The molecule has 0 bridgehead atoms. The summed E-state index contributed by atoms with van der Waals surface area (Å²) in [4.78, 5) is 24.2. The molecular formula is C22H26F3N5O2. The van der Waals surface area contributed by atoms with Gasteiger partial charge in [-0.2, -0.15) is 13.2 Å². The van der Waals surface area contributed by atoms with Gasteiger partial charge in [-0.1, -0.05) is 6.07 Å². The van der Waals surface area contributed by atoms with Gasteiger partial charge >= 0.3 is 6.18 Å². The van der Waals surface area contributed by atoms with Crippen LogP contribution in [0.1, 0.15) is 30.9 Å². The summed E-state index contributed by atoms with van der Waals surface area (Å²) in [5.41, 5.74) is 5.14. The van der Waals surface area contributed by atoms with E-state index in [-0.39, 0.29) is 12.2 Å². The third kappa shape index (κ3) is 4.56. The van der Waals surface area contributed by atoms with Crippen molar-refractivity contribution in [3.8, 4) is 0 Å². The molecule has 4 rings (SSSR count). The molecule has 2 aromatic heterocycles. The molecule has 2 aliphatic rings. The van der Waals surface area contributed by atoms with Crippen molar-refractivity contribution in [3.05, 3.63) is 47.9 Å². The first kappa shape index (κ1) is 22.5. The van der Waals surface area contributed by atoms with Crippen LogP contribution < -0.4 is 10.6 Å². The third-order valence-corrected chi connectivity index (χ3v) is 6.27. The van der Waals surface area contributed by atoms with Crippen molar-refractivity contribution in [1.82, 2.24) is 14.9 Å². The lowest BCUT2D eigenvalue weighted by atomic mass is 9.88. The average Bonchev–Trinajstić information content (AvgIpc) is 2.76. The Bertz CT molecular complexity index is 976. The minimum atomic E-state index is -4.58. The van der Waals surface area contributed by atoms with Gasteiger partial charge in [0.1, 0.15) is 11.9 Å². The average molecular weight is 449 g/mol. The molecular weight excluding hydrogens is 423 g/mol. The topological polar surface area (TPSA) is 84.6 Å². The maximum atomic E-state index is 13.5. The summed E-state index contributed by atoms with van der Waals surface area (Å²) in [6.45, 7) is 3.90. The number of ether oxygens (including phenoxy) is 1. The van der Waals surface area contributed by atoms with E-state index in [1.165, 1.54) is 4.90 Å². The van der Waals surface area contributed by atoms with Gasteiger partial charge in [0.25, 0.3) is 5.91 Å². The number of piperidine rings is 1. The standard InChI is InChI=1S/C22H26F3N5O2/c1-15-20(31)30(18-13-27-9-4-17(18)22(23,24)25)14-21(32-15)6-11-29(12-7-21)10-5-16-3-2-8-28-19(16)26/h2-4,8-9,13,15H,5-7,10-12,14H2,1H3,(H2,26,28). The molecule has 4 heterocycles. The van der Waals surface area contributed by atoms with Crippen LogP contribution in [0.4, 0.5) is 24.7 Å². The summed E-state index contributed by atoms with van der Waals surface area (Å²) in [6.07, 6.45) is 0.446. The lowest BCUT2D eigenvalue weighted by Gasteiger charge is -2.49. The molecule has 2 saturated heterocycles. The largest absolute Gasteiger partial charge is 0.418 e. The minimum Gasteiger partial charge on any atom is -0.383 e. The van der Waals surface area contributed by atoms with Crippen molar-refractivity contribution in [2.75, 3.05) is 36.8 Å². The number of alkyl halides is 3. The van der Waals surface area contributed by atoms with Crippen LogP contribution >= 0.6 is 0 Å². The number of aromatic nitrogens is 2. The maximum Gasteiger partial charge on any atom is 0.418 e. The number of pyridine rings is 2. The number of likely N-dealkylation sites (tertiary alicyclic amines) is 1. The zero-order chi connectivity index (χ0) is 22.9. The summed E-state index contributed by atoms with van der Waals surface area (Å²) in [7, 11) is 0. The Kier molecular flexibility index (Phi) is 6.09. The predicted molar refractivity (Wildman–Crippen MR) is 113 cm³/mol. The van der Waals surface area contributed by atoms with Gasteiger partial charge in [0.15, 0.2) is 0 Å². The molecule has 1 amide bonds. The SMILES string of the molecule is CC1OC2(CCN(CCc3cccnc3N)CC2)CN(c2cnccc2C(F)(F)F)C1=O. The first-order chi connectivity index (χ1) is 15.2. The molecule has 2 N–H and O–H groups in total. The smallest absolute Gasteiger partial charge is 0.383 e. The highest BCUT2D eigenvalue weighted by Crippen LogP contribution is 2.40. The number of morpholine rings is 1. The molecule has 0 saturated carbocycles. The number of halogens is 3. The van der Waals surface area contributed by atoms with Crippen molar-refractivity contribution in [3.63, 3.8) is 0 Å². The molecule has 0 radical (unpaired) electrons. The number of carbonyl (C=O) groups is 1. The fourth-order valence-corrected chi connectivity index (χ4v) is 4.49. The first-order valence-corrected chi connectivity index (χ1v) is 10.6. The number of anilines is 2. The van der Waals surface area contributed by atoms with E-state index < -0.39 is 29.4 Å². The normalized spacial score (nSPS) is 21.8. The van der Waals surface area contributed by atoms with Gasteiger partial charge in [0.2, 0.25) is 0 Å². The van der Waals surface area contributed by atoms with Crippen molar-refractivity contribution in [2.45, 2.75) is 44.1 Å². The zero-order valence-corrected chi connectivity index (χ0v) is 17.8. The number of amides is 1. The zero-order valence-electron chi connectivity index (χ0n) is 17.8. The van der Waals surface area contributed by atoms with Gasteiger partial charge in [0, 0.05) is 32.0 Å². The van der Waals surface area contributed by atoms with Gasteiger partial charge in [-0.05, 0) is 43.9 Å². The maximum absolute atomic E-state index is 13.5. The van der Waals surface area contributed by atoms with Crippen molar-refractivity contribution >= 4 is 17.4 Å². The van der Waals surface area contributed by atoms with Crippen LogP contribution in [-0.2, 0) is 22.1 Å². The molecule has 32 heavy (non-hydrogen) atoms. The second-order valence-corrected chi connectivity index (χ2v) is 8.40. The summed E-state index contributed by atoms with van der Waals surface area (Å²) in [5, 5.41) is 0. The monoisotopic (exact) mass is 449 g/mol. The number of nitrogens with two attached hydrogens (primary N) is 1. The number of nitrogens with zero attached hydrogens (tertiary/aromatic N) is 4. The van der Waals surface area contributed by atoms with E-state index in [2.05, 4.69) is 14.9 Å². The van der Waals surface area contributed by atoms with Crippen LogP contribution in [0.25, 0.3) is 0 Å². The van der Waals surface area contributed by atoms with E-state index in [0.717, 1.165) is 37.0 Å². The Labute approximate surface area is 184 Å². The van der Waals surface area contributed by atoms with E-state index in [1.54, 1.807) is 13.1 Å². The van der Waals surface area contributed by atoms with E-state index in [1.807, 2.05) is 12.1 Å². The predicted octanol–water partition coefficient (Wildman–Crippen LogP) is 2.91. The number of rotatable bonds is 4. The summed E-state index contributed by atoms with van der Waals surface area (Å²) >= 11 is 0. The van der Waals surface area contributed by atoms with Gasteiger partial charge in [-0.3, -0.25) is 9.78 Å². The fraction of sp³-hybridized carbons (Fsp3) is 0.500. The van der Waals surface area contributed by atoms with Crippen molar-refractivity contribution < 1.29 is 22.7 Å². The number of hydrogen-bond acceptors (Lipinski definition) is 6. The Hall–Kier alpha value is -2.72. The van der Waals surface area contributed by atoms with E-state index in [9.17, 15) is 18.0 Å². The van der Waals surface area contributed by atoms with Gasteiger partial charge in [-0.25, -0.2) is 4.98 Å². The summed E-state index contributed by atoms with van der Waals surface area (Å²) in [6, 6.07) is 4.71. The van der Waals surface area contributed by atoms with Crippen LogP contribution in [-0.4, -0.2) is 58.7 Å². The molecule has 2 aliphatic heterocycles. The number of nitrogen functional groups attached to an aromatic ring is 1. The Morgan fingerprint density at radius 2 is 2.00 bits per heavy atom. The van der Waals surface area contributed by atoms with E-state index in [4.69, 9.17) is 10.5 Å². The number of carbonyl (C=O) groups excluding carboxylic acids is 1. The summed E-state index contributed by atoms with van der Waals surface area (Å²) in [5.74, 6) is 0.0418. The van der Waals surface area contributed by atoms with Gasteiger partial charge in [0.05, 0.1) is 29.6 Å². The first-order valence-electron chi connectivity index (χ1n) is 10.6. The highest BCUT2D eigenvalue weighted by Gasteiger charge is 2.47. The van der Waals surface area contributed by atoms with Crippen molar-refractivity contribution in [1.29, 1.82) is 0 Å². The third-order valence-electron chi connectivity index (χ3n) is 6.27. The van der Waals surface area contributed by atoms with E-state index in [0.29, 0.717) is 31.7 Å². The van der Waals surface area contributed by atoms with E-state index >= 15 is 0 Å². The highest BCUT2D eigenvalue weighted by molar-refractivity contribution is 5.97. The second kappa shape index (κ2) is 8.67.